The lowest BCUT2D eigenvalue weighted by molar-refractivity contribution is -0.143. The van der Waals surface area contributed by atoms with Gasteiger partial charge in [0.1, 0.15) is 12.2 Å². The first-order chi connectivity index (χ1) is 16.5. The second-order valence-electron chi connectivity index (χ2n) is 7.69. The Balaban J connectivity index is 1.54. The van der Waals surface area contributed by atoms with Gasteiger partial charge in [-0.05, 0) is 24.6 Å². The van der Waals surface area contributed by atoms with E-state index in [1.807, 2.05) is 42.5 Å². The molecule has 2 N–H and O–H groups in total. The number of aromatic amines is 1. The van der Waals surface area contributed by atoms with Gasteiger partial charge in [0.15, 0.2) is 0 Å². The molecule has 0 saturated heterocycles. The number of nitrogens with zero attached hydrogens (tertiary/aromatic N) is 3. The van der Waals surface area contributed by atoms with Gasteiger partial charge in [-0.3, -0.25) is 28.9 Å². The van der Waals surface area contributed by atoms with Crippen LogP contribution < -0.4 is 10.9 Å². The van der Waals surface area contributed by atoms with Crippen LogP contribution in [0, 0.1) is 0 Å². The van der Waals surface area contributed by atoms with Gasteiger partial charge in [0.05, 0.1) is 31.5 Å². The summed E-state index contributed by atoms with van der Waals surface area (Å²) in [4.78, 5) is 49.4. The second kappa shape index (κ2) is 10.6. The zero-order valence-electron chi connectivity index (χ0n) is 18.8. The van der Waals surface area contributed by atoms with Crippen molar-refractivity contribution in [2.45, 2.75) is 32.9 Å². The number of hydrogen-bond acceptors (Lipinski definition) is 6. The number of amides is 1. The molecule has 0 saturated carbocycles. The molecule has 0 atom stereocenters. The Kier molecular flexibility index (Phi) is 7.12. The van der Waals surface area contributed by atoms with Crippen molar-refractivity contribution in [2.24, 2.45) is 0 Å². The third-order valence-electron chi connectivity index (χ3n) is 5.32. The van der Waals surface area contributed by atoms with Crippen LogP contribution in [-0.4, -0.2) is 38.0 Å². The fourth-order valence-electron chi connectivity index (χ4n) is 3.67. The van der Waals surface area contributed by atoms with Crippen LogP contribution in [-0.2, 0) is 33.8 Å². The second-order valence-corrected chi connectivity index (χ2v) is 7.69. The highest BCUT2D eigenvalue weighted by Gasteiger charge is 2.16. The first-order valence-electron chi connectivity index (χ1n) is 11.0. The summed E-state index contributed by atoms with van der Waals surface area (Å²) in [5.74, 6) is -0.715. The summed E-state index contributed by atoms with van der Waals surface area (Å²) in [7, 11) is 0. The maximum Gasteiger partial charge on any atom is 0.306 e. The molecule has 174 valence electrons. The molecule has 0 spiro atoms. The van der Waals surface area contributed by atoms with Gasteiger partial charge in [-0.2, -0.15) is 0 Å². The fourth-order valence-corrected chi connectivity index (χ4v) is 3.67. The standard InChI is InChI=1S/C25H25N5O4/c1-2-34-24(32)9-8-21-25(33)30(22(15-27-21)17-6-4-3-5-7-17)16-23(31)28-14-19-12-18-13-26-11-10-20(18)29-19/h3-7,10-13,15,29H,2,8-9,14,16H2,1H3,(H,28,31). The molecule has 0 radical (unpaired) electrons. The van der Waals surface area contributed by atoms with Gasteiger partial charge in [0.25, 0.3) is 5.56 Å². The largest absolute Gasteiger partial charge is 0.466 e. The van der Waals surface area contributed by atoms with Crippen LogP contribution in [0.1, 0.15) is 24.7 Å². The Morgan fingerprint density at radius 1 is 1.15 bits per heavy atom. The van der Waals surface area contributed by atoms with E-state index >= 15 is 0 Å². The van der Waals surface area contributed by atoms with E-state index in [4.69, 9.17) is 4.74 Å². The number of aryl methyl sites for hydroxylation is 1. The molecule has 0 aliphatic heterocycles. The minimum atomic E-state index is -0.405. The lowest BCUT2D eigenvalue weighted by atomic mass is 10.1. The lowest BCUT2D eigenvalue weighted by Gasteiger charge is -2.14. The number of fused-ring (bicyclic) bond motifs is 1. The number of carbonyl (C=O) groups is 2. The van der Waals surface area contributed by atoms with Crippen LogP contribution in [0.2, 0.25) is 0 Å². The first kappa shape index (κ1) is 22.9. The van der Waals surface area contributed by atoms with Crippen molar-refractivity contribution in [3.63, 3.8) is 0 Å². The van der Waals surface area contributed by atoms with Crippen molar-refractivity contribution in [2.75, 3.05) is 6.61 Å². The summed E-state index contributed by atoms with van der Waals surface area (Å²) in [6.07, 6.45) is 5.19. The number of nitrogens with one attached hydrogen (secondary N) is 2. The third kappa shape index (κ3) is 5.37. The number of aromatic nitrogens is 4. The predicted molar refractivity (Wildman–Crippen MR) is 127 cm³/mol. The van der Waals surface area contributed by atoms with Gasteiger partial charge in [0.2, 0.25) is 5.91 Å². The zero-order valence-corrected chi connectivity index (χ0v) is 18.8. The molecule has 4 aromatic rings. The van der Waals surface area contributed by atoms with Gasteiger partial charge in [0, 0.05) is 35.4 Å². The van der Waals surface area contributed by atoms with E-state index in [1.54, 1.807) is 25.5 Å². The molecule has 9 nitrogen and oxygen atoms in total. The average Bonchev–Trinajstić information content (AvgIpc) is 3.27. The Morgan fingerprint density at radius 3 is 2.74 bits per heavy atom. The van der Waals surface area contributed by atoms with Crippen LogP contribution >= 0.6 is 0 Å². The van der Waals surface area contributed by atoms with E-state index in [0.29, 0.717) is 5.69 Å². The molecule has 34 heavy (non-hydrogen) atoms. The lowest BCUT2D eigenvalue weighted by Crippen LogP contribution is -2.35. The van der Waals surface area contributed by atoms with Crippen LogP contribution in [0.5, 0.6) is 0 Å². The summed E-state index contributed by atoms with van der Waals surface area (Å²) >= 11 is 0. The highest BCUT2D eigenvalue weighted by molar-refractivity contribution is 5.80. The van der Waals surface area contributed by atoms with Gasteiger partial charge in [-0.25, -0.2) is 0 Å². The van der Waals surface area contributed by atoms with Crippen molar-refractivity contribution in [3.05, 3.63) is 82.8 Å². The topological polar surface area (TPSA) is 119 Å². The summed E-state index contributed by atoms with van der Waals surface area (Å²) in [6.45, 7) is 2.10. The highest BCUT2D eigenvalue weighted by Crippen LogP contribution is 2.17. The molecular formula is C25H25N5O4. The zero-order chi connectivity index (χ0) is 23.9. The molecule has 0 aliphatic rings. The molecular weight excluding hydrogens is 434 g/mol. The van der Waals surface area contributed by atoms with Crippen LogP contribution in [0.15, 0.2) is 65.8 Å². The molecule has 0 bridgehead atoms. The maximum atomic E-state index is 13.2. The number of hydrogen-bond donors (Lipinski definition) is 2. The number of ether oxygens (including phenoxy) is 1. The van der Waals surface area contributed by atoms with E-state index in [9.17, 15) is 14.4 Å². The average molecular weight is 460 g/mol. The monoisotopic (exact) mass is 459 g/mol. The van der Waals surface area contributed by atoms with Crippen molar-refractivity contribution >= 4 is 22.8 Å². The molecule has 9 heteroatoms. The van der Waals surface area contributed by atoms with E-state index < -0.39 is 11.5 Å². The summed E-state index contributed by atoms with van der Waals surface area (Å²) in [6, 6.07) is 13.1. The third-order valence-corrected chi connectivity index (χ3v) is 5.32. The number of benzene rings is 1. The van der Waals surface area contributed by atoms with E-state index in [1.165, 1.54) is 4.57 Å². The first-order valence-corrected chi connectivity index (χ1v) is 11.0. The molecule has 0 unspecified atom stereocenters. The number of esters is 1. The SMILES string of the molecule is CCOC(=O)CCc1ncc(-c2ccccc2)n(CC(=O)NCc2cc3cnccc3[nH]2)c1=O. The van der Waals surface area contributed by atoms with Gasteiger partial charge in [-0.15, -0.1) is 0 Å². The van der Waals surface area contributed by atoms with Crippen molar-refractivity contribution in [1.82, 2.24) is 24.8 Å². The van der Waals surface area contributed by atoms with Crippen LogP contribution in [0.25, 0.3) is 22.2 Å². The maximum absolute atomic E-state index is 13.2. The minimum absolute atomic E-state index is 0.0438. The van der Waals surface area contributed by atoms with Crippen molar-refractivity contribution < 1.29 is 14.3 Å². The summed E-state index contributed by atoms with van der Waals surface area (Å²) in [5.41, 5.74) is 2.86. The molecule has 4 rings (SSSR count). The van der Waals surface area contributed by atoms with E-state index in [-0.39, 0.29) is 44.1 Å². The normalized spacial score (nSPS) is 10.9. The molecule has 1 amide bonds. The Hall–Kier alpha value is -4.27. The number of carbonyl (C=O) groups excluding carboxylic acids is 2. The van der Waals surface area contributed by atoms with Gasteiger partial charge >= 0.3 is 5.97 Å². The number of pyridine rings is 1. The van der Waals surface area contributed by atoms with Crippen molar-refractivity contribution in [1.29, 1.82) is 0 Å². The van der Waals surface area contributed by atoms with Crippen molar-refractivity contribution in [3.8, 4) is 11.3 Å². The smallest absolute Gasteiger partial charge is 0.306 e. The molecule has 0 aliphatic carbocycles. The van der Waals surface area contributed by atoms with Gasteiger partial charge < -0.3 is 15.0 Å². The number of rotatable bonds is 9. The van der Waals surface area contributed by atoms with Crippen LogP contribution in [0.4, 0.5) is 0 Å². The predicted octanol–water partition coefficient (Wildman–Crippen LogP) is 2.60. The molecule has 1 aromatic carbocycles. The summed E-state index contributed by atoms with van der Waals surface area (Å²) in [5, 5.41) is 3.81. The molecule has 0 fully saturated rings. The molecule has 3 aromatic heterocycles. The quantitative estimate of drug-likeness (QED) is 0.372. The highest BCUT2D eigenvalue weighted by atomic mass is 16.5. The Morgan fingerprint density at radius 2 is 1.97 bits per heavy atom. The number of H-pyrrole nitrogens is 1. The summed E-state index contributed by atoms with van der Waals surface area (Å²) < 4.78 is 6.34. The minimum Gasteiger partial charge on any atom is -0.466 e. The Labute approximate surface area is 195 Å². The fraction of sp³-hybridized carbons (Fsp3) is 0.240. The van der Waals surface area contributed by atoms with E-state index in [0.717, 1.165) is 22.2 Å². The van der Waals surface area contributed by atoms with Crippen LogP contribution in [0.3, 0.4) is 0 Å². The van der Waals surface area contributed by atoms with E-state index in [2.05, 4.69) is 20.3 Å². The molecule has 3 heterocycles. The van der Waals surface area contributed by atoms with Gasteiger partial charge in [-0.1, -0.05) is 30.3 Å². The Bertz CT molecular complexity index is 1330.